The number of nitrogens with one attached hydrogen (secondary N) is 2. The summed E-state index contributed by atoms with van der Waals surface area (Å²) in [5.74, 6) is -2.86. The molecule has 1 aliphatic rings. The Morgan fingerprint density at radius 1 is 1.19 bits per heavy atom. The van der Waals surface area contributed by atoms with Gasteiger partial charge in [-0.15, -0.1) is 0 Å². The lowest BCUT2D eigenvalue weighted by Crippen LogP contribution is -2.50. The second kappa shape index (κ2) is 8.94. The molecule has 1 saturated carbocycles. The number of ether oxygens (including phenoxy) is 1. The number of carbonyl (C=O) groups excluding carboxylic acids is 3. The smallest absolute Gasteiger partial charge is 0.325 e. The van der Waals surface area contributed by atoms with Crippen LogP contribution in [0.3, 0.4) is 0 Å². The first-order valence-corrected chi connectivity index (χ1v) is 8.36. The third-order valence-electron chi connectivity index (χ3n) is 4.18. The number of amides is 2. The van der Waals surface area contributed by atoms with Gasteiger partial charge in [0.2, 0.25) is 0 Å². The predicted octanol–water partition coefficient (Wildman–Crippen LogP) is 1.44. The number of esters is 1. The monoisotopic (exact) mass is 361 g/mol. The molecule has 138 valence electrons. The van der Waals surface area contributed by atoms with Crippen LogP contribution in [0.25, 0.3) is 0 Å². The van der Waals surface area contributed by atoms with Crippen LogP contribution in [0.5, 0.6) is 0 Å². The van der Waals surface area contributed by atoms with Gasteiger partial charge in [-0.25, -0.2) is 4.39 Å². The maximum atomic E-state index is 13.5. The second-order valence-electron chi connectivity index (χ2n) is 6.13. The van der Waals surface area contributed by atoms with Crippen LogP contribution < -0.4 is 10.6 Å². The van der Waals surface area contributed by atoms with Crippen LogP contribution in [0.2, 0.25) is 0 Å². The molecule has 2 amide bonds. The van der Waals surface area contributed by atoms with E-state index in [4.69, 9.17) is 4.74 Å². The molecule has 8 heteroatoms. The van der Waals surface area contributed by atoms with Gasteiger partial charge < -0.3 is 15.4 Å². The van der Waals surface area contributed by atoms with Crippen LogP contribution in [0.15, 0.2) is 24.3 Å². The highest BCUT2D eigenvalue weighted by Crippen LogP contribution is 2.27. The van der Waals surface area contributed by atoms with Crippen LogP contribution in [-0.2, 0) is 14.3 Å². The molecule has 0 aliphatic heterocycles. The number of hydrogen-bond acceptors (Lipinski definition) is 5. The zero-order chi connectivity index (χ0) is 19.0. The molecular weight excluding hydrogens is 341 g/mol. The van der Waals surface area contributed by atoms with Crippen molar-refractivity contribution in [3.05, 3.63) is 35.6 Å². The molecule has 0 atom stereocenters. The van der Waals surface area contributed by atoms with E-state index in [1.807, 2.05) is 0 Å². The third-order valence-corrected chi connectivity index (χ3v) is 4.18. The summed E-state index contributed by atoms with van der Waals surface area (Å²) in [6, 6.07) is 7.49. The number of halogens is 1. The van der Waals surface area contributed by atoms with Crippen molar-refractivity contribution in [2.24, 2.45) is 0 Å². The Labute approximate surface area is 150 Å². The normalized spacial score (nSPS) is 15.4. The number of carbonyl (C=O) groups is 3. The van der Waals surface area contributed by atoms with Gasteiger partial charge in [0.15, 0.2) is 6.61 Å². The van der Waals surface area contributed by atoms with Crippen molar-refractivity contribution < 1.29 is 23.5 Å². The first-order chi connectivity index (χ1) is 12.5. The molecule has 1 aliphatic carbocycles. The van der Waals surface area contributed by atoms with E-state index in [0.717, 1.165) is 25.3 Å². The quantitative estimate of drug-likeness (QED) is 0.746. The van der Waals surface area contributed by atoms with Crippen molar-refractivity contribution in [3.8, 4) is 6.07 Å². The average molecular weight is 361 g/mol. The van der Waals surface area contributed by atoms with Crippen LogP contribution in [0.4, 0.5) is 4.39 Å². The Bertz CT molecular complexity index is 723. The molecule has 0 spiro atoms. The lowest BCUT2D eigenvalue weighted by Gasteiger charge is -2.31. The number of nitrogens with zero attached hydrogens (tertiary/aromatic N) is 1. The van der Waals surface area contributed by atoms with Gasteiger partial charge in [0.25, 0.3) is 11.8 Å². The molecule has 1 aromatic rings. The minimum absolute atomic E-state index is 0.189. The van der Waals surface area contributed by atoms with Gasteiger partial charge >= 0.3 is 5.97 Å². The van der Waals surface area contributed by atoms with E-state index in [9.17, 15) is 24.0 Å². The number of hydrogen-bond donors (Lipinski definition) is 2. The van der Waals surface area contributed by atoms with Crippen LogP contribution in [0.1, 0.15) is 42.5 Å². The molecule has 0 bridgehead atoms. The lowest BCUT2D eigenvalue weighted by atomic mass is 9.83. The molecule has 26 heavy (non-hydrogen) atoms. The summed E-state index contributed by atoms with van der Waals surface area (Å²) in [4.78, 5) is 35.3. The predicted molar refractivity (Wildman–Crippen MR) is 89.3 cm³/mol. The van der Waals surface area contributed by atoms with Gasteiger partial charge in [-0.1, -0.05) is 31.4 Å². The number of benzene rings is 1. The zero-order valence-electron chi connectivity index (χ0n) is 14.2. The Hall–Kier alpha value is -2.95. The molecule has 0 heterocycles. The molecule has 7 nitrogen and oxygen atoms in total. The van der Waals surface area contributed by atoms with Gasteiger partial charge in [0.1, 0.15) is 17.9 Å². The van der Waals surface area contributed by atoms with Gasteiger partial charge in [0.05, 0.1) is 11.6 Å². The summed E-state index contributed by atoms with van der Waals surface area (Å²) in [5, 5.41) is 14.1. The summed E-state index contributed by atoms with van der Waals surface area (Å²) in [6.45, 7) is -1.04. The lowest BCUT2D eigenvalue weighted by molar-refractivity contribution is -0.148. The first-order valence-electron chi connectivity index (χ1n) is 8.36. The average Bonchev–Trinajstić information content (AvgIpc) is 2.65. The van der Waals surface area contributed by atoms with E-state index < -0.39 is 42.3 Å². The van der Waals surface area contributed by atoms with Crippen LogP contribution in [-0.4, -0.2) is 36.5 Å². The SMILES string of the molecule is N#CC1(NC(=O)COC(=O)CNC(=O)c2ccccc2F)CCCCC1. The topological polar surface area (TPSA) is 108 Å². The fourth-order valence-electron chi connectivity index (χ4n) is 2.81. The molecule has 0 unspecified atom stereocenters. The van der Waals surface area contributed by atoms with E-state index >= 15 is 0 Å². The minimum Gasteiger partial charge on any atom is -0.454 e. The van der Waals surface area contributed by atoms with E-state index in [2.05, 4.69) is 16.7 Å². The molecule has 2 rings (SSSR count). The summed E-state index contributed by atoms with van der Waals surface area (Å²) < 4.78 is 18.2. The second-order valence-corrected chi connectivity index (χ2v) is 6.13. The third kappa shape index (κ3) is 5.28. The summed E-state index contributed by atoms with van der Waals surface area (Å²) in [7, 11) is 0. The maximum Gasteiger partial charge on any atom is 0.325 e. The standard InChI is InChI=1S/C18H20FN3O4/c19-14-7-3-2-6-13(14)17(25)21-10-16(24)26-11-15(23)22-18(12-20)8-4-1-5-9-18/h2-3,6-7H,1,4-5,8-11H2,(H,21,25)(H,22,23). The minimum atomic E-state index is -0.902. The fraction of sp³-hybridized carbons (Fsp3) is 0.444. The van der Waals surface area contributed by atoms with Crippen molar-refractivity contribution in [3.63, 3.8) is 0 Å². The zero-order valence-corrected chi connectivity index (χ0v) is 14.2. The Kier molecular flexibility index (Phi) is 6.67. The molecule has 0 radical (unpaired) electrons. The summed E-state index contributed by atoms with van der Waals surface area (Å²) in [6.07, 6.45) is 3.88. The first kappa shape index (κ1) is 19.4. The van der Waals surface area contributed by atoms with E-state index in [0.29, 0.717) is 12.8 Å². The van der Waals surface area contributed by atoms with E-state index in [1.165, 1.54) is 18.2 Å². The highest BCUT2D eigenvalue weighted by Gasteiger charge is 2.33. The van der Waals surface area contributed by atoms with Crippen molar-refractivity contribution in [2.45, 2.75) is 37.6 Å². The largest absolute Gasteiger partial charge is 0.454 e. The molecule has 0 aromatic heterocycles. The molecule has 1 fully saturated rings. The van der Waals surface area contributed by atoms with Gasteiger partial charge in [-0.05, 0) is 25.0 Å². The van der Waals surface area contributed by atoms with E-state index in [1.54, 1.807) is 0 Å². The van der Waals surface area contributed by atoms with Gasteiger partial charge in [-0.2, -0.15) is 5.26 Å². The van der Waals surface area contributed by atoms with Crippen molar-refractivity contribution in [1.82, 2.24) is 10.6 Å². The summed E-state index contributed by atoms with van der Waals surface area (Å²) in [5.41, 5.74) is -1.09. The van der Waals surface area contributed by atoms with Crippen LogP contribution in [0, 0.1) is 17.1 Å². The Morgan fingerprint density at radius 3 is 2.54 bits per heavy atom. The highest BCUT2D eigenvalue weighted by atomic mass is 19.1. The molecule has 0 saturated heterocycles. The number of rotatable bonds is 6. The van der Waals surface area contributed by atoms with E-state index in [-0.39, 0.29) is 5.56 Å². The molecular formula is C18H20FN3O4. The molecule has 1 aromatic carbocycles. The molecule has 2 N–H and O–H groups in total. The van der Waals surface area contributed by atoms with Crippen molar-refractivity contribution >= 4 is 17.8 Å². The summed E-state index contributed by atoms with van der Waals surface area (Å²) >= 11 is 0. The Balaban J connectivity index is 1.74. The fourth-order valence-corrected chi connectivity index (χ4v) is 2.81. The Morgan fingerprint density at radius 2 is 1.88 bits per heavy atom. The number of nitriles is 1. The van der Waals surface area contributed by atoms with Crippen LogP contribution >= 0.6 is 0 Å². The maximum absolute atomic E-state index is 13.5. The highest BCUT2D eigenvalue weighted by molar-refractivity contribution is 5.96. The van der Waals surface area contributed by atoms with Gasteiger partial charge in [-0.3, -0.25) is 14.4 Å². The van der Waals surface area contributed by atoms with Crippen molar-refractivity contribution in [2.75, 3.05) is 13.2 Å². The van der Waals surface area contributed by atoms with Gasteiger partial charge in [0, 0.05) is 0 Å². The van der Waals surface area contributed by atoms with Crippen molar-refractivity contribution in [1.29, 1.82) is 5.26 Å².